The summed E-state index contributed by atoms with van der Waals surface area (Å²) in [6, 6.07) is 6.39. The highest BCUT2D eigenvalue weighted by Gasteiger charge is 2.15. The lowest BCUT2D eigenvalue weighted by molar-refractivity contribution is -0.121. The lowest BCUT2D eigenvalue weighted by Crippen LogP contribution is -2.46. The summed E-state index contributed by atoms with van der Waals surface area (Å²) in [6.45, 7) is 1.85. The van der Waals surface area contributed by atoms with E-state index in [0.717, 1.165) is 25.9 Å². The zero-order valence-corrected chi connectivity index (χ0v) is 9.71. The van der Waals surface area contributed by atoms with Crippen molar-refractivity contribution in [1.29, 1.82) is 0 Å². The lowest BCUT2D eigenvalue weighted by Gasteiger charge is -2.23. The first kappa shape index (κ1) is 12.0. The van der Waals surface area contributed by atoms with Gasteiger partial charge in [-0.05, 0) is 37.1 Å². The highest BCUT2D eigenvalue weighted by atomic mass is 19.1. The van der Waals surface area contributed by atoms with Crippen molar-refractivity contribution >= 4 is 5.91 Å². The number of rotatable bonds is 3. The van der Waals surface area contributed by atoms with Crippen molar-refractivity contribution in [2.24, 2.45) is 0 Å². The first-order chi connectivity index (χ1) is 8.24. The van der Waals surface area contributed by atoms with E-state index in [1.54, 1.807) is 12.1 Å². The normalized spacial score (nSPS) is 19.9. The maximum Gasteiger partial charge on any atom is 0.224 e. The average molecular weight is 236 g/mol. The summed E-state index contributed by atoms with van der Waals surface area (Å²) in [4.78, 5) is 11.7. The van der Waals surface area contributed by atoms with Crippen LogP contribution in [0.5, 0.6) is 0 Å². The van der Waals surface area contributed by atoms with Gasteiger partial charge in [0.15, 0.2) is 0 Å². The fraction of sp³-hybridized carbons (Fsp3) is 0.462. The first-order valence-corrected chi connectivity index (χ1v) is 5.98. The van der Waals surface area contributed by atoms with Crippen LogP contribution in [-0.2, 0) is 11.2 Å². The molecule has 1 fully saturated rings. The second-order valence-corrected chi connectivity index (χ2v) is 4.42. The molecule has 1 heterocycles. The Kier molecular flexibility index (Phi) is 4.09. The monoisotopic (exact) mass is 236 g/mol. The first-order valence-electron chi connectivity index (χ1n) is 5.98. The minimum absolute atomic E-state index is 0.0377. The highest BCUT2D eigenvalue weighted by Crippen LogP contribution is 2.06. The molecule has 1 aromatic carbocycles. The summed E-state index contributed by atoms with van der Waals surface area (Å²) in [5.41, 5.74) is 0.714. The minimum Gasteiger partial charge on any atom is -0.352 e. The van der Waals surface area contributed by atoms with Crippen molar-refractivity contribution in [3.8, 4) is 0 Å². The van der Waals surface area contributed by atoms with E-state index in [1.165, 1.54) is 12.1 Å². The molecule has 1 aliphatic rings. The average Bonchev–Trinajstić information content (AvgIpc) is 2.30. The molecule has 1 saturated heterocycles. The van der Waals surface area contributed by atoms with Gasteiger partial charge in [0.1, 0.15) is 5.82 Å². The third kappa shape index (κ3) is 3.82. The smallest absolute Gasteiger partial charge is 0.224 e. The number of halogens is 1. The van der Waals surface area contributed by atoms with Gasteiger partial charge in [-0.3, -0.25) is 4.79 Å². The number of amides is 1. The fourth-order valence-corrected chi connectivity index (χ4v) is 2.09. The van der Waals surface area contributed by atoms with E-state index in [-0.39, 0.29) is 24.2 Å². The molecule has 1 amide bonds. The zero-order chi connectivity index (χ0) is 12.1. The van der Waals surface area contributed by atoms with Crippen molar-refractivity contribution < 1.29 is 9.18 Å². The Labute approximate surface area is 100 Å². The predicted octanol–water partition coefficient (Wildman–Crippen LogP) is 1.24. The van der Waals surface area contributed by atoms with Crippen LogP contribution in [0, 0.1) is 5.82 Å². The van der Waals surface area contributed by atoms with Crippen LogP contribution < -0.4 is 10.6 Å². The van der Waals surface area contributed by atoms with Crippen LogP contribution in [0.15, 0.2) is 24.3 Å². The SMILES string of the molecule is O=C(Cc1cccc(F)c1)N[C@H]1CCCNC1. The van der Waals surface area contributed by atoms with Crippen LogP contribution in [0.2, 0.25) is 0 Å². The number of nitrogens with one attached hydrogen (secondary N) is 2. The molecule has 17 heavy (non-hydrogen) atoms. The van der Waals surface area contributed by atoms with Gasteiger partial charge in [-0.1, -0.05) is 12.1 Å². The van der Waals surface area contributed by atoms with Gasteiger partial charge in [0.05, 0.1) is 6.42 Å². The third-order valence-corrected chi connectivity index (χ3v) is 2.92. The van der Waals surface area contributed by atoms with E-state index in [2.05, 4.69) is 10.6 Å². The Morgan fingerprint density at radius 3 is 3.12 bits per heavy atom. The number of piperidine rings is 1. The number of carbonyl (C=O) groups excluding carboxylic acids is 1. The van der Waals surface area contributed by atoms with Crippen molar-refractivity contribution in [2.75, 3.05) is 13.1 Å². The molecule has 2 rings (SSSR count). The summed E-state index contributed by atoms with van der Waals surface area (Å²) in [7, 11) is 0. The van der Waals surface area contributed by atoms with E-state index in [9.17, 15) is 9.18 Å². The molecule has 1 aromatic rings. The van der Waals surface area contributed by atoms with Gasteiger partial charge in [-0.25, -0.2) is 4.39 Å². The number of hydrogen-bond acceptors (Lipinski definition) is 2. The number of benzene rings is 1. The molecule has 0 unspecified atom stereocenters. The summed E-state index contributed by atoms with van der Waals surface area (Å²) >= 11 is 0. The van der Waals surface area contributed by atoms with Crippen LogP contribution in [0.4, 0.5) is 4.39 Å². The van der Waals surface area contributed by atoms with Gasteiger partial charge in [0.25, 0.3) is 0 Å². The van der Waals surface area contributed by atoms with Gasteiger partial charge >= 0.3 is 0 Å². The van der Waals surface area contributed by atoms with Crippen LogP contribution in [0.25, 0.3) is 0 Å². The van der Waals surface area contributed by atoms with Crippen molar-refractivity contribution in [3.63, 3.8) is 0 Å². The lowest BCUT2D eigenvalue weighted by atomic mass is 10.1. The van der Waals surface area contributed by atoms with Crippen molar-refractivity contribution in [1.82, 2.24) is 10.6 Å². The summed E-state index contributed by atoms with van der Waals surface area (Å²) < 4.78 is 12.9. The molecule has 0 bridgehead atoms. The molecule has 4 heteroatoms. The van der Waals surface area contributed by atoms with Gasteiger partial charge in [0.2, 0.25) is 5.91 Å². The van der Waals surface area contributed by atoms with Crippen LogP contribution >= 0.6 is 0 Å². The quantitative estimate of drug-likeness (QED) is 0.829. The summed E-state index contributed by atoms with van der Waals surface area (Å²) in [6.07, 6.45) is 2.35. The number of hydrogen-bond donors (Lipinski definition) is 2. The van der Waals surface area contributed by atoms with Gasteiger partial charge < -0.3 is 10.6 Å². The number of carbonyl (C=O) groups is 1. The minimum atomic E-state index is -0.297. The summed E-state index contributed by atoms with van der Waals surface area (Å²) in [5, 5.41) is 6.20. The predicted molar refractivity (Wildman–Crippen MR) is 64.1 cm³/mol. The third-order valence-electron chi connectivity index (χ3n) is 2.92. The van der Waals surface area contributed by atoms with Crippen LogP contribution in [0.3, 0.4) is 0 Å². The van der Waals surface area contributed by atoms with Crippen LogP contribution in [-0.4, -0.2) is 25.0 Å². The van der Waals surface area contributed by atoms with Gasteiger partial charge in [-0.15, -0.1) is 0 Å². The zero-order valence-electron chi connectivity index (χ0n) is 9.71. The molecule has 2 N–H and O–H groups in total. The van der Waals surface area contributed by atoms with Crippen LogP contribution in [0.1, 0.15) is 18.4 Å². The molecule has 0 aromatic heterocycles. The highest BCUT2D eigenvalue weighted by molar-refractivity contribution is 5.78. The molecule has 0 aliphatic carbocycles. The van der Waals surface area contributed by atoms with Crippen molar-refractivity contribution in [3.05, 3.63) is 35.6 Å². The molecule has 3 nitrogen and oxygen atoms in total. The fourth-order valence-electron chi connectivity index (χ4n) is 2.09. The van der Waals surface area contributed by atoms with Gasteiger partial charge in [0, 0.05) is 12.6 Å². The molecule has 1 aliphatic heterocycles. The molecule has 0 saturated carbocycles. The maximum atomic E-state index is 12.9. The Bertz CT molecular complexity index is 389. The van der Waals surface area contributed by atoms with Crippen molar-refractivity contribution in [2.45, 2.75) is 25.3 Å². The Balaban J connectivity index is 1.84. The maximum absolute atomic E-state index is 12.9. The van der Waals surface area contributed by atoms with E-state index >= 15 is 0 Å². The van der Waals surface area contributed by atoms with E-state index in [4.69, 9.17) is 0 Å². The Hall–Kier alpha value is -1.42. The van der Waals surface area contributed by atoms with E-state index < -0.39 is 0 Å². The molecule has 0 spiro atoms. The molecule has 0 radical (unpaired) electrons. The Morgan fingerprint density at radius 2 is 2.41 bits per heavy atom. The largest absolute Gasteiger partial charge is 0.352 e. The molecule has 1 atom stereocenters. The second-order valence-electron chi connectivity index (χ2n) is 4.42. The van der Waals surface area contributed by atoms with Gasteiger partial charge in [-0.2, -0.15) is 0 Å². The molecular formula is C13H17FN2O. The van der Waals surface area contributed by atoms with E-state index in [0.29, 0.717) is 5.56 Å². The standard InChI is InChI=1S/C13H17FN2O/c14-11-4-1-3-10(7-11)8-13(17)16-12-5-2-6-15-9-12/h1,3-4,7,12,15H,2,5-6,8-9H2,(H,16,17)/t12-/m0/s1. The Morgan fingerprint density at radius 1 is 1.53 bits per heavy atom. The van der Waals surface area contributed by atoms with E-state index in [1.807, 2.05) is 0 Å². The topological polar surface area (TPSA) is 41.1 Å². The second kappa shape index (κ2) is 5.77. The molecular weight excluding hydrogens is 219 g/mol. The molecule has 92 valence electrons. The summed E-state index contributed by atoms with van der Waals surface area (Å²) in [5.74, 6) is -0.334.